The third-order valence-corrected chi connectivity index (χ3v) is 3.65. The normalized spacial score (nSPS) is 10.8. The van der Waals surface area contributed by atoms with E-state index in [9.17, 15) is 0 Å². The van der Waals surface area contributed by atoms with Crippen LogP contribution < -0.4 is 10.1 Å². The number of hydrogen-bond donors (Lipinski definition) is 1. The van der Waals surface area contributed by atoms with Crippen LogP contribution in [-0.2, 0) is 13.1 Å². The summed E-state index contributed by atoms with van der Waals surface area (Å²) in [5.41, 5.74) is 2.17. The van der Waals surface area contributed by atoms with E-state index in [-0.39, 0.29) is 0 Å². The molecule has 0 aliphatic carbocycles. The second-order valence-electron chi connectivity index (χ2n) is 5.69. The zero-order chi connectivity index (χ0) is 16.1. The lowest BCUT2D eigenvalue weighted by atomic mass is 10.0. The van der Waals surface area contributed by atoms with E-state index in [0.29, 0.717) is 19.7 Å². The summed E-state index contributed by atoms with van der Waals surface area (Å²) in [4.78, 5) is 0. The van der Waals surface area contributed by atoms with Gasteiger partial charge < -0.3 is 14.5 Å². The molecule has 0 aliphatic heterocycles. The minimum absolute atomic E-state index is 0.531. The summed E-state index contributed by atoms with van der Waals surface area (Å²) >= 11 is 0. The van der Waals surface area contributed by atoms with Crippen LogP contribution in [0.5, 0.6) is 5.75 Å². The Bertz CT molecular complexity index is 791. The van der Waals surface area contributed by atoms with Gasteiger partial charge in [-0.2, -0.15) is 0 Å². The molecule has 2 aromatic carbocycles. The number of ether oxygens (including phenoxy) is 1. The number of benzene rings is 2. The second-order valence-corrected chi connectivity index (χ2v) is 5.69. The summed E-state index contributed by atoms with van der Waals surface area (Å²) < 4.78 is 11.3. The summed E-state index contributed by atoms with van der Waals surface area (Å²) in [6.45, 7) is 7.81. The molecule has 23 heavy (non-hydrogen) atoms. The lowest BCUT2D eigenvalue weighted by Crippen LogP contribution is -2.14. The third-order valence-electron chi connectivity index (χ3n) is 3.65. The first-order valence-corrected chi connectivity index (χ1v) is 7.75. The Morgan fingerprint density at radius 2 is 1.96 bits per heavy atom. The van der Waals surface area contributed by atoms with Crippen LogP contribution in [0.4, 0.5) is 0 Å². The van der Waals surface area contributed by atoms with Crippen molar-refractivity contribution >= 4 is 10.8 Å². The molecule has 0 unspecified atom stereocenters. The van der Waals surface area contributed by atoms with Crippen molar-refractivity contribution in [2.45, 2.75) is 20.0 Å². The van der Waals surface area contributed by atoms with Crippen LogP contribution in [0.1, 0.15) is 18.2 Å². The van der Waals surface area contributed by atoms with Crippen molar-refractivity contribution in [2.75, 3.05) is 6.61 Å². The van der Waals surface area contributed by atoms with E-state index in [1.807, 2.05) is 25.1 Å². The molecule has 0 atom stereocenters. The Morgan fingerprint density at radius 3 is 2.74 bits per heavy atom. The fraction of sp³-hybridized carbons (Fsp3) is 0.200. The molecule has 3 heteroatoms. The van der Waals surface area contributed by atoms with Crippen LogP contribution in [0.2, 0.25) is 0 Å². The summed E-state index contributed by atoms with van der Waals surface area (Å²) in [5, 5.41) is 5.85. The fourth-order valence-corrected chi connectivity index (χ4v) is 2.56. The van der Waals surface area contributed by atoms with Crippen molar-refractivity contribution < 1.29 is 9.15 Å². The lowest BCUT2D eigenvalue weighted by Gasteiger charge is -2.15. The molecule has 0 amide bonds. The van der Waals surface area contributed by atoms with Gasteiger partial charge in [-0.15, -0.1) is 0 Å². The molecule has 1 heterocycles. The van der Waals surface area contributed by atoms with E-state index in [1.165, 1.54) is 10.8 Å². The number of furan rings is 1. The molecule has 0 radical (unpaired) electrons. The SMILES string of the molecule is C=C(C)COc1ccc2ccccc2c1CNCc1ccco1. The molecular formula is C20H21NO2. The largest absolute Gasteiger partial charge is 0.489 e. The highest BCUT2D eigenvalue weighted by molar-refractivity contribution is 5.87. The zero-order valence-electron chi connectivity index (χ0n) is 13.3. The van der Waals surface area contributed by atoms with Gasteiger partial charge in [0.2, 0.25) is 0 Å². The molecule has 118 valence electrons. The highest BCUT2D eigenvalue weighted by atomic mass is 16.5. The Hall–Kier alpha value is -2.52. The van der Waals surface area contributed by atoms with Gasteiger partial charge in [0, 0.05) is 12.1 Å². The monoisotopic (exact) mass is 307 g/mol. The number of rotatable bonds is 7. The molecule has 0 spiro atoms. The van der Waals surface area contributed by atoms with Gasteiger partial charge in [0.1, 0.15) is 18.1 Å². The van der Waals surface area contributed by atoms with Crippen LogP contribution in [0.25, 0.3) is 10.8 Å². The molecule has 0 aliphatic rings. The van der Waals surface area contributed by atoms with Crippen molar-refractivity contribution in [2.24, 2.45) is 0 Å². The molecule has 3 rings (SSSR count). The molecule has 0 saturated carbocycles. The molecule has 3 aromatic rings. The van der Waals surface area contributed by atoms with Crippen LogP contribution in [0, 0.1) is 0 Å². The summed E-state index contributed by atoms with van der Waals surface area (Å²) in [6, 6.07) is 16.4. The van der Waals surface area contributed by atoms with Gasteiger partial charge in [-0.05, 0) is 41.5 Å². The van der Waals surface area contributed by atoms with Crippen molar-refractivity contribution in [3.8, 4) is 5.75 Å². The average Bonchev–Trinajstić information content (AvgIpc) is 3.07. The summed E-state index contributed by atoms with van der Waals surface area (Å²) in [6.07, 6.45) is 1.69. The van der Waals surface area contributed by atoms with Gasteiger partial charge in [-0.25, -0.2) is 0 Å². The predicted molar refractivity (Wildman–Crippen MR) is 93.5 cm³/mol. The highest BCUT2D eigenvalue weighted by Gasteiger charge is 2.09. The van der Waals surface area contributed by atoms with Crippen LogP contribution in [0.15, 0.2) is 71.4 Å². The van der Waals surface area contributed by atoms with Crippen LogP contribution in [-0.4, -0.2) is 6.61 Å². The Labute approximate surface area is 136 Å². The standard InChI is InChI=1S/C20H21NO2/c1-15(2)14-23-20-10-9-16-6-3-4-8-18(16)19(20)13-21-12-17-7-5-11-22-17/h3-11,21H,1,12-14H2,2H3. The minimum Gasteiger partial charge on any atom is -0.489 e. The van der Waals surface area contributed by atoms with Crippen molar-refractivity contribution in [1.29, 1.82) is 0 Å². The van der Waals surface area contributed by atoms with Crippen molar-refractivity contribution in [1.82, 2.24) is 5.32 Å². The zero-order valence-corrected chi connectivity index (χ0v) is 13.3. The number of nitrogens with one attached hydrogen (secondary N) is 1. The molecule has 0 saturated heterocycles. The Morgan fingerprint density at radius 1 is 1.09 bits per heavy atom. The Kier molecular flexibility index (Phi) is 4.79. The van der Waals surface area contributed by atoms with Gasteiger partial charge in [0.25, 0.3) is 0 Å². The second kappa shape index (κ2) is 7.16. The molecular weight excluding hydrogens is 286 g/mol. The van der Waals surface area contributed by atoms with Gasteiger partial charge in [0.15, 0.2) is 0 Å². The fourth-order valence-electron chi connectivity index (χ4n) is 2.56. The van der Waals surface area contributed by atoms with E-state index < -0.39 is 0 Å². The van der Waals surface area contributed by atoms with Crippen molar-refractivity contribution in [3.63, 3.8) is 0 Å². The molecule has 0 fully saturated rings. The number of fused-ring (bicyclic) bond motifs is 1. The minimum atomic E-state index is 0.531. The molecule has 1 aromatic heterocycles. The van der Waals surface area contributed by atoms with Crippen LogP contribution in [0.3, 0.4) is 0 Å². The molecule has 1 N–H and O–H groups in total. The van der Waals surface area contributed by atoms with E-state index in [0.717, 1.165) is 22.6 Å². The van der Waals surface area contributed by atoms with E-state index in [1.54, 1.807) is 6.26 Å². The topological polar surface area (TPSA) is 34.4 Å². The van der Waals surface area contributed by atoms with Crippen molar-refractivity contribution in [3.05, 3.63) is 78.3 Å². The first-order valence-electron chi connectivity index (χ1n) is 7.75. The van der Waals surface area contributed by atoms with Gasteiger partial charge >= 0.3 is 0 Å². The number of hydrogen-bond acceptors (Lipinski definition) is 3. The maximum Gasteiger partial charge on any atom is 0.124 e. The average molecular weight is 307 g/mol. The Balaban J connectivity index is 1.84. The summed E-state index contributed by atoms with van der Waals surface area (Å²) in [7, 11) is 0. The van der Waals surface area contributed by atoms with E-state index in [4.69, 9.17) is 9.15 Å². The van der Waals surface area contributed by atoms with Gasteiger partial charge in [-0.3, -0.25) is 0 Å². The maximum absolute atomic E-state index is 5.93. The van der Waals surface area contributed by atoms with Crippen LogP contribution >= 0.6 is 0 Å². The first-order chi connectivity index (χ1) is 11.2. The van der Waals surface area contributed by atoms with Gasteiger partial charge in [-0.1, -0.05) is 36.9 Å². The smallest absolute Gasteiger partial charge is 0.124 e. The quantitative estimate of drug-likeness (QED) is 0.644. The van der Waals surface area contributed by atoms with Gasteiger partial charge in [0.05, 0.1) is 12.8 Å². The van der Waals surface area contributed by atoms with E-state index >= 15 is 0 Å². The predicted octanol–water partition coefficient (Wildman–Crippen LogP) is 4.68. The molecule has 3 nitrogen and oxygen atoms in total. The molecule has 0 bridgehead atoms. The van der Waals surface area contributed by atoms with E-state index in [2.05, 4.69) is 42.2 Å². The highest BCUT2D eigenvalue weighted by Crippen LogP contribution is 2.28. The summed E-state index contributed by atoms with van der Waals surface area (Å²) in [5.74, 6) is 1.83. The maximum atomic E-state index is 5.93. The lowest BCUT2D eigenvalue weighted by molar-refractivity contribution is 0.348. The first kappa shape index (κ1) is 15.4. The third kappa shape index (κ3) is 3.82.